The lowest BCUT2D eigenvalue weighted by atomic mass is 10.5. The van der Waals surface area contributed by atoms with Crippen molar-refractivity contribution in [3.63, 3.8) is 0 Å². The summed E-state index contributed by atoms with van der Waals surface area (Å²) in [6.45, 7) is 0. The highest BCUT2D eigenvalue weighted by Crippen LogP contribution is 2.33. The first kappa shape index (κ1) is 9.39. The minimum Gasteiger partial charge on any atom is -0.249 e. The van der Waals surface area contributed by atoms with Gasteiger partial charge in [-0.05, 0) is 47.6 Å². The Bertz CT molecular complexity index is 408. The van der Waals surface area contributed by atoms with E-state index in [4.69, 9.17) is 4.78 Å². The maximum Gasteiger partial charge on any atom is 0.101 e. The number of hydrogen-bond acceptors (Lipinski definition) is 3. The van der Waals surface area contributed by atoms with Crippen molar-refractivity contribution in [3.05, 3.63) is 22.0 Å². The number of nitrogens with zero attached hydrogens (tertiary/aromatic N) is 1. The molecule has 1 unspecified atom stereocenters. The van der Waals surface area contributed by atoms with E-state index in [1.54, 1.807) is 18.3 Å². The summed E-state index contributed by atoms with van der Waals surface area (Å²) in [4.78, 5) is 4.62. The van der Waals surface area contributed by atoms with Crippen molar-refractivity contribution in [3.8, 4) is 0 Å². The molecule has 0 saturated heterocycles. The predicted octanol–water partition coefficient (Wildman–Crippen LogP) is 2.25. The average molecular weight is 308 g/mol. The third kappa shape index (κ3) is 1.85. The maximum atomic E-state index is 11.9. The van der Waals surface area contributed by atoms with E-state index in [-0.39, 0.29) is 5.25 Å². The van der Waals surface area contributed by atoms with Crippen LogP contribution in [0, 0.1) is 8.48 Å². The molecule has 1 aliphatic rings. The summed E-state index contributed by atoms with van der Waals surface area (Å²) in [7, 11) is -2.55. The molecule has 70 valence electrons. The standard InChI is InChI=1S/C8H9IN2OS/c9-8-4-3-7(5-11-8)13(10,12)6-1-2-6/h3-6,10H,1-2H2. The molecular formula is C8H9IN2OS. The largest absolute Gasteiger partial charge is 0.249 e. The van der Waals surface area contributed by atoms with Gasteiger partial charge in [0.05, 0.1) is 14.6 Å². The van der Waals surface area contributed by atoms with Gasteiger partial charge in [0.15, 0.2) is 0 Å². The van der Waals surface area contributed by atoms with E-state index in [0.717, 1.165) is 16.5 Å². The van der Waals surface area contributed by atoms with E-state index < -0.39 is 9.73 Å². The normalized spacial score (nSPS) is 21.0. The fraction of sp³-hybridized carbons (Fsp3) is 0.375. The second kappa shape index (κ2) is 3.20. The van der Waals surface area contributed by atoms with Crippen molar-refractivity contribution in [1.82, 2.24) is 4.98 Å². The zero-order chi connectivity index (χ0) is 9.47. The molecule has 1 aliphatic carbocycles. The highest BCUT2D eigenvalue weighted by molar-refractivity contribution is 14.1. The molecule has 0 amide bonds. The summed E-state index contributed by atoms with van der Waals surface area (Å²) in [6.07, 6.45) is 3.41. The first-order chi connectivity index (χ1) is 6.10. The first-order valence-corrected chi connectivity index (χ1v) is 6.70. The summed E-state index contributed by atoms with van der Waals surface area (Å²) in [6, 6.07) is 3.55. The smallest absolute Gasteiger partial charge is 0.101 e. The van der Waals surface area contributed by atoms with Crippen molar-refractivity contribution in [2.75, 3.05) is 0 Å². The molecule has 1 aromatic heterocycles. The second-order valence-corrected chi connectivity index (χ2v) is 6.56. The van der Waals surface area contributed by atoms with E-state index in [1.807, 2.05) is 0 Å². The summed E-state index contributed by atoms with van der Waals surface area (Å²) >= 11 is 2.09. The van der Waals surface area contributed by atoms with Gasteiger partial charge in [-0.2, -0.15) is 0 Å². The Morgan fingerprint density at radius 3 is 2.69 bits per heavy atom. The first-order valence-electron chi connectivity index (χ1n) is 4.00. The van der Waals surface area contributed by atoms with Gasteiger partial charge in [0.2, 0.25) is 0 Å². The summed E-state index contributed by atoms with van der Waals surface area (Å²) < 4.78 is 20.5. The van der Waals surface area contributed by atoms with Gasteiger partial charge in [0.25, 0.3) is 0 Å². The van der Waals surface area contributed by atoms with Crippen molar-refractivity contribution in [2.45, 2.75) is 23.0 Å². The van der Waals surface area contributed by atoms with Gasteiger partial charge in [-0.25, -0.2) is 14.0 Å². The molecule has 0 aromatic carbocycles. The van der Waals surface area contributed by atoms with Gasteiger partial charge in [0.1, 0.15) is 3.70 Å². The van der Waals surface area contributed by atoms with Crippen LogP contribution in [0.1, 0.15) is 12.8 Å². The molecule has 0 radical (unpaired) electrons. The van der Waals surface area contributed by atoms with Crippen LogP contribution >= 0.6 is 22.6 Å². The number of rotatable bonds is 2. The van der Waals surface area contributed by atoms with Crippen LogP contribution in [-0.4, -0.2) is 14.4 Å². The van der Waals surface area contributed by atoms with Gasteiger partial charge < -0.3 is 0 Å². The van der Waals surface area contributed by atoms with Crippen molar-refractivity contribution in [1.29, 1.82) is 4.78 Å². The Morgan fingerprint density at radius 1 is 1.54 bits per heavy atom. The number of halogens is 1. The average Bonchev–Trinajstić information content (AvgIpc) is 2.87. The second-order valence-electron chi connectivity index (χ2n) is 3.12. The zero-order valence-corrected chi connectivity index (χ0v) is 9.84. The Balaban J connectivity index is 2.40. The lowest BCUT2D eigenvalue weighted by molar-refractivity contribution is 0.673. The fourth-order valence-electron chi connectivity index (χ4n) is 1.13. The molecule has 0 spiro atoms. The molecular weight excluding hydrogens is 299 g/mol. The van der Waals surface area contributed by atoms with E-state index in [1.165, 1.54) is 0 Å². The lowest BCUT2D eigenvalue weighted by Gasteiger charge is -2.04. The minimum atomic E-state index is -2.55. The number of pyridine rings is 1. The SMILES string of the molecule is N=S(=O)(c1ccc(I)nc1)C1CC1. The number of nitrogens with one attached hydrogen (secondary N) is 1. The Hall–Kier alpha value is -0.170. The van der Waals surface area contributed by atoms with Crippen LogP contribution in [0.3, 0.4) is 0 Å². The van der Waals surface area contributed by atoms with Crippen LogP contribution in [0.5, 0.6) is 0 Å². The monoisotopic (exact) mass is 308 g/mol. The Kier molecular flexibility index (Phi) is 2.31. The molecule has 13 heavy (non-hydrogen) atoms. The van der Waals surface area contributed by atoms with E-state index in [2.05, 4.69) is 27.6 Å². The van der Waals surface area contributed by atoms with Gasteiger partial charge in [0, 0.05) is 11.4 Å². The maximum absolute atomic E-state index is 11.9. The summed E-state index contributed by atoms with van der Waals surface area (Å²) in [5.41, 5.74) is 0. The van der Waals surface area contributed by atoms with E-state index >= 15 is 0 Å². The number of aromatic nitrogens is 1. The molecule has 0 aliphatic heterocycles. The zero-order valence-electron chi connectivity index (χ0n) is 6.87. The molecule has 5 heteroatoms. The van der Waals surface area contributed by atoms with Crippen LogP contribution in [-0.2, 0) is 9.73 Å². The molecule has 0 bridgehead atoms. The highest BCUT2D eigenvalue weighted by atomic mass is 127. The molecule has 3 nitrogen and oxygen atoms in total. The molecule has 1 N–H and O–H groups in total. The molecule has 1 fully saturated rings. The highest BCUT2D eigenvalue weighted by Gasteiger charge is 2.33. The quantitative estimate of drug-likeness (QED) is 0.673. The van der Waals surface area contributed by atoms with Crippen LogP contribution in [0.25, 0.3) is 0 Å². The van der Waals surface area contributed by atoms with Crippen LogP contribution in [0.15, 0.2) is 23.2 Å². The van der Waals surface area contributed by atoms with Gasteiger partial charge in [-0.3, -0.25) is 0 Å². The third-order valence-electron chi connectivity index (χ3n) is 2.04. The Labute approximate surface area is 91.1 Å². The van der Waals surface area contributed by atoms with E-state index in [0.29, 0.717) is 4.90 Å². The minimum absolute atomic E-state index is 0.0781. The number of hydrogen-bond donors (Lipinski definition) is 1. The molecule has 1 aromatic rings. The van der Waals surface area contributed by atoms with Gasteiger partial charge in [-0.15, -0.1) is 0 Å². The summed E-state index contributed by atoms with van der Waals surface area (Å²) in [5, 5.41) is 0.0781. The van der Waals surface area contributed by atoms with Crippen molar-refractivity contribution >= 4 is 32.3 Å². The predicted molar refractivity (Wildman–Crippen MR) is 59.1 cm³/mol. The molecule has 1 heterocycles. The van der Waals surface area contributed by atoms with Gasteiger partial charge >= 0.3 is 0 Å². The summed E-state index contributed by atoms with van der Waals surface area (Å²) in [5.74, 6) is 0. The Morgan fingerprint density at radius 2 is 2.23 bits per heavy atom. The molecule has 1 atom stereocenters. The van der Waals surface area contributed by atoms with Crippen LogP contribution in [0.2, 0.25) is 0 Å². The molecule has 1 saturated carbocycles. The molecule has 2 rings (SSSR count). The lowest BCUT2D eigenvalue weighted by Crippen LogP contribution is -2.05. The van der Waals surface area contributed by atoms with Crippen molar-refractivity contribution < 1.29 is 4.21 Å². The topological polar surface area (TPSA) is 53.8 Å². The fourth-order valence-corrected chi connectivity index (χ4v) is 3.12. The van der Waals surface area contributed by atoms with Crippen molar-refractivity contribution in [2.24, 2.45) is 0 Å². The van der Waals surface area contributed by atoms with Gasteiger partial charge in [-0.1, -0.05) is 0 Å². The van der Waals surface area contributed by atoms with Crippen LogP contribution in [0.4, 0.5) is 0 Å². The third-order valence-corrected chi connectivity index (χ3v) is 5.03. The van der Waals surface area contributed by atoms with E-state index in [9.17, 15) is 4.21 Å². The van der Waals surface area contributed by atoms with Crippen LogP contribution < -0.4 is 0 Å².